The quantitative estimate of drug-likeness (QED) is 0.875. The summed E-state index contributed by atoms with van der Waals surface area (Å²) in [5.41, 5.74) is 1.88. The Hall–Kier alpha value is -1.18. The molecule has 2 aromatic rings. The topological polar surface area (TPSA) is 63.2 Å². The molecule has 0 bridgehead atoms. The van der Waals surface area contributed by atoms with Crippen molar-refractivity contribution < 1.29 is 13.2 Å². The number of aryl methyl sites for hydroxylation is 1. The van der Waals surface area contributed by atoms with E-state index >= 15 is 0 Å². The Morgan fingerprint density at radius 3 is 2.38 bits per heavy atom. The van der Waals surface area contributed by atoms with E-state index in [4.69, 9.17) is 0 Å². The summed E-state index contributed by atoms with van der Waals surface area (Å²) in [6.07, 6.45) is 1.17. The summed E-state index contributed by atoms with van der Waals surface area (Å²) in [5.74, 6) is -0.138. The van der Waals surface area contributed by atoms with Gasteiger partial charge in [-0.05, 0) is 52.2 Å². The van der Waals surface area contributed by atoms with Gasteiger partial charge in [0, 0.05) is 12.8 Å². The van der Waals surface area contributed by atoms with Crippen LogP contribution in [0.2, 0.25) is 0 Å². The molecule has 4 nitrogen and oxygen atoms in total. The highest BCUT2D eigenvalue weighted by molar-refractivity contribution is 9.11. The van der Waals surface area contributed by atoms with Crippen molar-refractivity contribution in [3.63, 3.8) is 0 Å². The summed E-state index contributed by atoms with van der Waals surface area (Å²) in [7, 11) is -3.19. The molecule has 2 rings (SSSR count). The summed E-state index contributed by atoms with van der Waals surface area (Å²) < 4.78 is 23.7. The summed E-state index contributed by atoms with van der Waals surface area (Å²) >= 11 is 4.78. The van der Waals surface area contributed by atoms with Crippen LogP contribution in [-0.4, -0.2) is 20.6 Å². The number of nitrogens with one attached hydrogen (secondary N) is 1. The molecular formula is C14H14BrNO3S2. The summed E-state index contributed by atoms with van der Waals surface area (Å²) in [5, 5.41) is 2.82. The first-order chi connectivity index (χ1) is 9.77. The number of hydrogen-bond donors (Lipinski definition) is 1. The van der Waals surface area contributed by atoms with Crippen LogP contribution in [0.15, 0.2) is 39.0 Å². The molecule has 0 aliphatic heterocycles. The Balaban J connectivity index is 2.01. The minimum Gasteiger partial charge on any atom is -0.347 e. The summed E-state index contributed by atoms with van der Waals surface area (Å²) in [6, 6.07) is 8.32. The Morgan fingerprint density at radius 2 is 1.90 bits per heavy atom. The third kappa shape index (κ3) is 4.15. The molecule has 0 aliphatic carbocycles. The van der Waals surface area contributed by atoms with Crippen molar-refractivity contribution in [1.82, 2.24) is 5.32 Å². The van der Waals surface area contributed by atoms with Gasteiger partial charge in [-0.15, -0.1) is 11.3 Å². The zero-order chi connectivity index (χ0) is 15.6. The van der Waals surface area contributed by atoms with E-state index in [2.05, 4.69) is 21.2 Å². The number of carbonyl (C=O) groups excluding carboxylic acids is 1. The van der Waals surface area contributed by atoms with Crippen LogP contribution in [0.25, 0.3) is 0 Å². The van der Waals surface area contributed by atoms with Crippen LogP contribution in [0.3, 0.4) is 0 Å². The fourth-order valence-electron chi connectivity index (χ4n) is 1.70. The second-order valence-electron chi connectivity index (χ2n) is 4.67. The van der Waals surface area contributed by atoms with Crippen LogP contribution in [0.1, 0.15) is 20.8 Å². The van der Waals surface area contributed by atoms with Gasteiger partial charge in [0.1, 0.15) is 0 Å². The van der Waals surface area contributed by atoms with Gasteiger partial charge in [0.2, 0.25) is 0 Å². The van der Waals surface area contributed by atoms with Crippen LogP contribution >= 0.6 is 27.3 Å². The smallest absolute Gasteiger partial charge is 0.261 e. The first-order valence-electron chi connectivity index (χ1n) is 6.10. The maximum atomic E-state index is 12.0. The van der Waals surface area contributed by atoms with Crippen LogP contribution in [0, 0.1) is 6.92 Å². The molecule has 1 heterocycles. The second kappa shape index (κ2) is 6.29. The van der Waals surface area contributed by atoms with E-state index in [0.717, 1.165) is 14.9 Å². The van der Waals surface area contributed by atoms with E-state index < -0.39 is 9.84 Å². The monoisotopic (exact) mass is 387 g/mol. The number of halogens is 1. The van der Waals surface area contributed by atoms with Gasteiger partial charge < -0.3 is 5.32 Å². The van der Waals surface area contributed by atoms with E-state index in [1.807, 2.05) is 13.0 Å². The minimum absolute atomic E-state index is 0.138. The molecule has 112 valence electrons. The van der Waals surface area contributed by atoms with Crippen molar-refractivity contribution in [2.75, 3.05) is 6.26 Å². The highest BCUT2D eigenvalue weighted by Crippen LogP contribution is 2.27. The lowest BCUT2D eigenvalue weighted by molar-refractivity contribution is 0.0955. The van der Waals surface area contributed by atoms with Crippen molar-refractivity contribution in [3.05, 3.63) is 50.1 Å². The molecule has 0 unspecified atom stereocenters. The van der Waals surface area contributed by atoms with Crippen LogP contribution < -0.4 is 5.32 Å². The molecule has 1 amide bonds. The van der Waals surface area contributed by atoms with Crippen LogP contribution in [0.5, 0.6) is 0 Å². The number of sulfone groups is 1. The van der Waals surface area contributed by atoms with Gasteiger partial charge in [-0.3, -0.25) is 4.79 Å². The largest absolute Gasteiger partial charge is 0.347 e. The predicted octanol–water partition coefficient (Wildman–Crippen LogP) is 3.15. The van der Waals surface area contributed by atoms with Crippen molar-refractivity contribution in [2.24, 2.45) is 0 Å². The molecule has 0 radical (unpaired) electrons. The zero-order valence-electron chi connectivity index (χ0n) is 11.5. The van der Waals surface area contributed by atoms with Crippen molar-refractivity contribution in [2.45, 2.75) is 18.4 Å². The zero-order valence-corrected chi connectivity index (χ0v) is 14.7. The average Bonchev–Trinajstić information content (AvgIpc) is 2.75. The number of benzene rings is 1. The lowest BCUT2D eigenvalue weighted by Gasteiger charge is -2.05. The van der Waals surface area contributed by atoms with E-state index in [0.29, 0.717) is 11.4 Å². The Kier molecular flexibility index (Phi) is 4.85. The first-order valence-corrected chi connectivity index (χ1v) is 9.60. The van der Waals surface area contributed by atoms with Gasteiger partial charge >= 0.3 is 0 Å². The fourth-order valence-corrected chi connectivity index (χ4v) is 3.78. The van der Waals surface area contributed by atoms with Gasteiger partial charge in [-0.25, -0.2) is 8.42 Å². The van der Waals surface area contributed by atoms with Gasteiger partial charge in [0.15, 0.2) is 9.84 Å². The number of hydrogen-bond acceptors (Lipinski definition) is 4. The molecule has 0 fully saturated rings. The SMILES string of the molecule is Cc1cc(C(=O)NCc2ccc(S(C)(=O)=O)cc2)sc1Br. The van der Waals surface area contributed by atoms with E-state index in [1.54, 1.807) is 24.3 Å². The molecule has 21 heavy (non-hydrogen) atoms. The second-order valence-corrected chi connectivity index (χ2v) is 9.05. The molecule has 0 saturated heterocycles. The van der Waals surface area contributed by atoms with Crippen molar-refractivity contribution in [1.29, 1.82) is 0 Å². The Labute approximate surface area is 136 Å². The maximum absolute atomic E-state index is 12.0. The van der Waals surface area contributed by atoms with Crippen LogP contribution in [0.4, 0.5) is 0 Å². The van der Waals surface area contributed by atoms with Crippen LogP contribution in [-0.2, 0) is 16.4 Å². The molecular weight excluding hydrogens is 374 g/mol. The van der Waals surface area contributed by atoms with E-state index in [9.17, 15) is 13.2 Å². The number of amides is 1. The van der Waals surface area contributed by atoms with Gasteiger partial charge in [-0.1, -0.05) is 12.1 Å². The maximum Gasteiger partial charge on any atom is 0.261 e. The first kappa shape index (κ1) is 16.2. The third-order valence-corrected chi connectivity index (χ3v) is 6.15. The number of rotatable bonds is 4. The number of thiophene rings is 1. The van der Waals surface area contributed by atoms with Crippen molar-refractivity contribution >= 4 is 43.0 Å². The molecule has 0 spiro atoms. The molecule has 7 heteroatoms. The summed E-state index contributed by atoms with van der Waals surface area (Å²) in [4.78, 5) is 12.9. The highest BCUT2D eigenvalue weighted by atomic mass is 79.9. The average molecular weight is 388 g/mol. The lowest BCUT2D eigenvalue weighted by Crippen LogP contribution is -2.21. The Bertz CT molecular complexity index is 745. The predicted molar refractivity (Wildman–Crippen MR) is 87.5 cm³/mol. The lowest BCUT2D eigenvalue weighted by atomic mass is 10.2. The molecule has 0 atom stereocenters. The molecule has 0 saturated carbocycles. The molecule has 1 aromatic heterocycles. The third-order valence-electron chi connectivity index (χ3n) is 2.89. The number of carbonyl (C=O) groups is 1. The minimum atomic E-state index is -3.19. The highest BCUT2D eigenvalue weighted by Gasteiger charge is 2.11. The molecule has 0 aliphatic rings. The van der Waals surface area contributed by atoms with E-state index in [1.165, 1.54) is 17.6 Å². The van der Waals surface area contributed by atoms with Gasteiger partial charge in [-0.2, -0.15) is 0 Å². The molecule has 1 aromatic carbocycles. The normalized spacial score (nSPS) is 11.4. The van der Waals surface area contributed by atoms with Gasteiger partial charge in [0.25, 0.3) is 5.91 Å². The summed E-state index contributed by atoms with van der Waals surface area (Å²) in [6.45, 7) is 2.29. The molecule has 1 N–H and O–H groups in total. The standard InChI is InChI=1S/C14H14BrNO3S2/c1-9-7-12(20-13(9)15)14(17)16-8-10-3-5-11(6-4-10)21(2,18)19/h3-7H,8H2,1-2H3,(H,16,17). The van der Waals surface area contributed by atoms with Gasteiger partial charge in [0.05, 0.1) is 13.6 Å². The fraction of sp³-hybridized carbons (Fsp3) is 0.214. The Morgan fingerprint density at radius 1 is 1.29 bits per heavy atom. The van der Waals surface area contributed by atoms with Crippen molar-refractivity contribution in [3.8, 4) is 0 Å². The van der Waals surface area contributed by atoms with E-state index in [-0.39, 0.29) is 10.8 Å².